The fourth-order valence-corrected chi connectivity index (χ4v) is 0.930. The first-order valence-electron chi connectivity index (χ1n) is 11.2. The molecule has 39 heavy (non-hydrogen) atoms. The molecule has 0 fully saturated rings. The number of carbonyl (C=O) groups excluding carboxylic acids is 1. The highest BCUT2D eigenvalue weighted by atomic mass is 35.5. The number of carboxylic acid groups (broad SMARTS) is 3. The van der Waals surface area contributed by atoms with Crippen LogP contribution in [0.15, 0.2) is 48.6 Å². The van der Waals surface area contributed by atoms with Gasteiger partial charge in [0.15, 0.2) is 0 Å². The number of hydrogen-bond donors (Lipinski definition) is 6. The van der Waals surface area contributed by atoms with Gasteiger partial charge in [-0.05, 0) is 48.2 Å². The zero-order valence-corrected chi connectivity index (χ0v) is 25.0. The second-order valence-electron chi connectivity index (χ2n) is 8.30. The lowest BCUT2D eigenvalue weighted by Gasteiger charge is -2.24. The first-order valence-corrected chi connectivity index (χ1v) is 11.2. The number of halogens is 1. The van der Waals surface area contributed by atoms with Crippen molar-refractivity contribution in [3.05, 3.63) is 48.6 Å². The number of esters is 1. The van der Waals surface area contributed by atoms with Gasteiger partial charge in [0.1, 0.15) is 6.61 Å². The molecule has 0 atom stereocenters. The molecule has 12 nitrogen and oxygen atoms in total. The van der Waals surface area contributed by atoms with E-state index in [1.165, 1.54) is 20.8 Å². The highest BCUT2D eigenvalue weighted by Crippen LogP contribution is 2.18. The summed E-state index contributed by atoms with van der Waals surface area (Å²) in [5.41, 5.74) is 0.309. The van der Waals surface area contributed by atoms with Gasteiger partial charge in [0.25, 0.3) is 0 Å². The predicted octanol–water partition coefficient (Wildman–Crippen LogP) is 2.39. The van der Waals surface area contributed by atoms with Crippen LogP contribution >= 0.6 is 12.4 Å². The summed E-state index contributed by atoms with van der Waals surface area (Å²) in [4.78, 5) is 41.5. The second kappa shape index (κ2) is 29.5. The quantitative estimate of drug-likeness (QED) is 0.153. The first-order chi connectivity index (χ1) is 17.2. The molecule has 0 amide bonds. The molecule has 0 aliphatic rings. The lowest BCUT2D eigenvalue weighted by Crippen LogP contribution is -2.32. The molecular formula is C26H48ClNO11. The summed E-state index contributed by atoms with van der Waals surface area (Å²) in [7, 11) is 3.85. The maximum absolute atomic E-state index is 10.8. The molecule has 0 aliphatic carbocycles. The van der Waals surface area contributed by atoms with Crippen LogP contribution in [0.3, 0.4) is 0 Å². The summed E-state index contributed by atoms with van der Waals surface area (Å²) in [5.74, 6) is -3.12. The van der Waals surface area contributed by atoms with E-state index < -0.39 is 23.3 Å². The molecule has 13 heteroatoms. The van der Waals surface area contributed by atoms with E-state index in [4.69, 9.17) is 35.4 Å². The van der Waals surface area contributed by atoms with Gasteiger partial charge >= 0.3 is 23.9 Å². The lowest BCUT2D eigenvalue weighted by molar-refractivity contribution is -0.139. The number of nitrogens with zero attached hydrogens (tertiary/aromatic N) is 1. The van der Waals surface area contributed by atoms with E-state index in [9.17, 15) is 19.2 Å². The predicted molar refractivity (Wildman–Crippen MR) is 153 cm³/mol. The number of aliphatic hydroxyl groups excluding tert-OH is 3. The third kappa shape index (κ3) is 39.6. The highest BCUT2D eigenvalue weighted by molar-refractivity contribution is 5.87. The standard InChI is InChI=1S/C8H15NO2.C6H14O3.3C4H6O2.ClH/c1-7(2)8(10)11-6-5-9(3)4;1-2-6(3-7,4-8)5-9;3*1-3(2)4(5)6;/h1,5-6H2,2-4H3;7-9H,2-5H2,1H3;3*1H2,2H3,(H,5,6);1H. The van der Waals surface area contributed by atoms with Gasteiger partial charge in [-0.15, -0.1) is 12.4 Å². The monoisotopic (exact) mass is 585 g/mol. The van der Waals surface area contributed by atoms with E-state index in [0.29, 0.717) is 18.6 Å². The van der Waals surface area contributed by atoms with E-state index in [0.717, 1.165) is 6.54 Å². The molecule has 0 spiro atoms. The molecule has 0 aromatic heterocycles. The molecule has 0 saturated carbocycles. The molecule has 0 radical (unpaired) electrons. The maximum atomic E-state index is 10.8. The molecule has 0 aromatic rings. The summed E-state index contributed by atoms with van der Waals surface area (Å²) in [6, 6.07) is 0. The average Bonchev–Trinajstić information content (AvgIpc) is 2.82. The Hall–Kier alpha value is -3.03. The first kappa shape index (κ1) is 49.0. The van der Waals surface area contributed by atoms with Crippen LogP contribution in [0.4, 0.5) is 0 Å². The Labute approximate surface area is 238 Å². The molecule has 0 saturated heterocycles. The normalized spacial score (nSPS) is 9.00. The Balaban J connectivity index is -0.0000000890. The third-order valence-corrected chi connectivity index (χ3v) is 3.97. The van der Waals surface area contributed by atoms with Crippen LogP contribution in [0.5, 0.6) is 0 Å². The highest BCUT2D eigenvalue weighted by Gasteiger charge is 2.24. The van der Waals surface area contributed by atoms with E-state index in [2.05, 4.69) is 26.3 Å². The van der Waals surface area contributed by atoms with Crippen molar-refractivity contribution in [2.75, 3.05) is 47.1 Å². The smallest absolute Gasteiger partial charge is 0.333 e. The number of rotatable bonds is 11. The number of ether oxygens (including phenoxy) is 1. The van der Waals surface area contributed by atoms with E-state index >= 15 is 0 Å². The van der Waals surface area contributed by atoms with Gasteiger partial charge in [-0.2, -0.15) is 0 Å². The molecule has 0 heterocycles. The van der Waals surface area contributed by atoms with Crippen molar-refractivity contribution in [3.63, 3.8) is 0 Å². The van der Waals surface area contributed by atoms with Crippen molar-refractivity contribution in [1.29, 1.82) is 0 Å². The summed E-state index contributed by atoms with van der Waals surface area (Å²) in [6.45, 7) is 21.4. The maximum Gasteiger partial charge on any atom is 0.333 e. The van der Waals surface area contributed by atoms with Gasteiger partial charge < -0.3 is 40.3 Å². The van der Waals surface area contributed by atoms with Crippen molar-refractivity contribution in [2.45, 2.75) is 41.0 Å². The minimum Gasteiger partial charge on any atom is -0.478 e. The third-order valence-electron chi connectivity index (χ3n) is 3.97. The van der Waals surface area contributed by atoms with Gasteiger partial charge in [-0.25, -0.2) is 19.2 Å². The van der Waals surface area contributed by atoms with E-state index in [1.807, 2.05) is 25.9 Å². The van der Waals surface area contributed by atoms with Crippen LogP contribution in [0.25, 0.3) is 0 Å². The van der Waals surface area contributed by atoms with Gasteiger partial charge in [0.2, 0.25) is 0 Å². The fraction of sp³-hybridized carbons (Fsp3) is 0.538. The van der Waals surface area contributed by atoms with Crippen LogP contribution in [-0.4, -0.2) is 106 Å². The Morgan fingerprint density at radius 1 is 0.692 bits per heavy atom. The SMILES string of the molecule is C=C(C)C(=O)O.C=C(C)C(=O)O.C=C(C)C(=O)O.C=C(C)C(=O)OCCN(C)C.CCC(CO)(CO)CO.Cl. The topological polar surface area (TPSA) is 202 Å². The van der Waals surface area contributed by atoms with Crippen LogP contribution < -0.4 is 0 Å². The molecule has 6 N–H and O–H groups in total. The van der Waals surface area contributed by atoms with Gasteiger partial charge in [-0.1, -0.05) is 33.2 Å². The molecule has 0 bridgehead atoms. The second-order valence-corrected chi connectivity index (χ2v) is 8.30. The van der Waals surface area contributed by atoms with Gasteiger partial charge in [0.05, 0.1) is 19.8 Å². The van der Waals surface area contributed by atoms with Crippen molar-refractivity contribution in [3.8, 4) is 0 Å². The van der Waals surface area contributed by atoms with Crippen molar-refractivity contribution < 1.29 is 54.6 Å². The molecule has 0 unspecified atom stereocenters. The fourth-order valence-electron chi connectivity index (χ4n) is 0.930. The van der Waals surface area contributed by atoms with Gasteiger partial charge in [-0.3, -0.25) is 0 Å². The summed E-state index contributed by atoms with van der Waals surface area (Å²) >= 11 is 0. The summed E-state index contributed by atoms with van der Waals surface area (Å²) < 4.78 is 4.83. The van der Waals surface area contributed by atoms with E-state index in [1.54, 1.807) is 6.92 Å². The summed E-state index contributed by atoms with van der Waals surface area (Å²) in [5, 5.41) is 49.6. The summed E-state index contributed by atoms with van der Waals surface area (Å²) in [6.07, 6.45) is 0.594. The average molecular weight is 586 g/mol. The number of hydrogen-bond acceptors (Lipinski definition) is 9. The number of carboxylic acids is 3. The van der Waals surface area contributed by atoms with Crippen LogP contribution in [0, 0.1) is 5.41 Å². The molecular weight excluding hydrogens is 538 g/mol. The van der Waals surface area contributed by atoms with Crippen LogP contribution in [-0.2, 0) is 23.9 Å². The molecule has 230 valence electrons. The number of aliphatic hydroxyl groups is 3. The van der Waals surface area contributed by atoms with Crippen LogP contribution in [0.1, 0.15) is 41.0 Å². The lowest BCUT2D eigenvalue weighted by atomic mass is 9.88. The molecule has 0 aromatic carbocycles. The van der Waals surface area contributed by atoms with E-state index in [-0.39, 0.29) is 54.9 Å². The minimum atomic E-state index is -0.935. The number of carbonyl (C=O) groups is 4. The molecule has 0 rings (SSSR count). The zero-order chi connectivity index (χ0) is 31.6. The Morgan fingerprint density at radius 3 is 1.05 bits per heavy atom. The Morgan fingerprint density at radius 2 is 0.949 bits per heavy atom. The zero-order valence-electron chi connectivity index (χ0n) is 24.2. The number of aliphatic carboxylic acids is 3. The largest absolute Gasteiger partial charge is 0.478 e. The molecule has 0 aliphatic heterocycles. The Kier molecular flexibility index (Phi) is 37.1. The van der Waals surface area contributed by atoms with Crippen molar-refractivity contribution >= 4 is 36.3 Å². The van der Waals surface area contributed by atoms with Crippen molar-refractivity contribution in [1.82, 2.24) is 4.90 Å². The number of likely N-dealkylation sites (N-methyl/N-ethyl adjacent to an activating group) is 1. The Bertz CT molecular complexity index is 663. The van der Waals surface area contributed by atoms with Crippen molar-refractivity contribution in [2.24, 2.45) is 5.41 Å². The van der Waals surface area contributed by atoms with Crippen LogP contribution in [0.2, 0.25) is 0 Å². The van der Waals surface area contributed by atoms with Gasteiger partial charge in [0, 0.05) is 34.3 Å². The minimum absolute atomic E-state index is 0.